The number of hydrogen-bond acceptors (Lipinski definition) is 2. The lowest BCUT2D eigenvalue weighted by molar-refractivity contribution is -0.142. The lowest BCUT2D eigenvalue weighted by atomic mass is 9.91. The van der Waals surface area contributed by atoms with Gasteiger partial charge in [0, 0.05) is 15.7 Å². The molecule has 0 spiro atoms. The van der Waals surface area contributed by atoms with Gasteiger partial charge in [0.1, 0.15) is 0 Å². The van der Waals surface area contributed by atoms with Crippen LogP contribution in [0.1, 0.15) is 12.5 Å². The van der Waals surface area contributed by atoms with E-state index in [2.05, 4.69) is 21.2 Å². The van der Waals surface area contributed by atoms with Crippen LogP contribution in [0.3, 0.4) is 0 Å². The van der Waals surface area contributed by atoms with Crippen LogP contribution < -0.4 is 5.32 Å². The molecule has 0 aromatic heterocycles. The van der Waals surface area contributed by atoms with Gasteiger partial charge in [-0.05, 0) is 25.1 Å². The topological polar surface area (TPSA) is 49.3 Å². The van der Waals surface area contributed by atoms with E-state index in [0.29, 0.717) is 5.56 Å². The Hall–Kier alpha value is -1.81. The van der Waals surface area contributed by atoms with E-state index in [4.69, 9.17) is 0 Å². The van der Waals surface area contributed by atoms with Gasteiger partial charge < -0.3 is 10.4 Å². The Kier molecular flexibility index (Phi) is 3.90. The first kappa shape index (κ1) is 13.6. The van der Waals surface area contributed by atoms with Gasteiger partial charge in [-0.3, -0.25) is 0 Å². The summed E-state index contributed by atoms with van der Waals surface area (Å²) >= 11 is 3.41. The summed E-state index contributed by atoms with van der Waals surface area (Å²) in [5.74, 6) is -0.928. The number of benzene rings is 2. The maximum absolute atomic E-state index is 11.7. The molecule has 0 saturated heterocycles. The summed E-state index contributed by atoms with van der Waals surface area (Å²) in [4.78, 5) is 11.7. The van der Waals surface area contributed by atoms with E-state index in [0.717, 1.165) is 10.2 Å². The van der Waals surface area contributed by atoms with Gasteiger partial charge in [0.2, 0.25) is 0 Å². The van der Waals surface area contributed by atoms with Crippen LogP contribution in [0.4, 0.5) is 5.69 Å². The van der Waals surface area contributed by atoms with Crippen LogP contribution in [0.2, 0.25) is 0 Å². The number of hydrogen-bond donors (Lipinski definition) is 2. The fourth-order valence-corrected chi connectivity index (χ4v) is 2.59. The van der Waals surface area contributed by atoms with Crippen LogP contribution in [0.5, 0.6) is 0 Å². The van der Waals surface area contributed by atoms with Crippen LogP contribution in [-0.4, -0.2) is 11.1 Å². The number of anilines is 1. The van der Waals surface area contributed by atoms with Crippen molar-refractivity contribution in [1.82, 2.24) is 0 Å². The first-order chi connectivity index (χ1) is 9.04. The maximum Gasteiger partial charge on any atom is 0.333 e. The van der Waals surface area contributed by atoms with Crippen LogP contribution >= 0.6 is 15.9 Å². The molecule has 0 aliphatic rings. The van der Waals surface area contributed by atoms with Gasteiger partial charge in [0.05, 0.1) is 0 Å². The van der Waals surface area contributed by atoms with Gasteiger partial charge in [-0.15, -0.1) is 0 Å². The molecule has 0 radical (unpaired) electrons. The predicted octanol–water partition coefficient (Wildman–Crippen LogP) is 3.86. The van der Waals surface area contributed by atoms with Gasteiger partial charge in [0.15, 0.2) is 5.54 Å². The van der Waals surface area contributed by atoms with Crippen LogP contribution in [0.15, 0.2) is 59.1 Å². The van der Waals surface area contributed by atoms with Crippen molar-refractivity contribution in [2.45, 2.75) is 12.5 Å². The number of rotatable bonds is 4. The summed E-state index contributed by atoms with van der Waals surface area (Å²) in [6, 6.07) is 16.6. The van der Waals surface area contributed by atoms with E-state index in [1.54, 1.807) is 13.0 Å². The predicted molar refractivity (Wildman–Crippen MR) is 79.2 cm³/mol. The molecule has 0 fully saturated rings. The molecule has 0 aliphatic heterocycles. The SMILES string of the molecule is CC(Nc1ccccc1)(C(=O)O)c1ccccc1Br. The number of para-hydroxylation sites is 1. The molecule has 3 nitrogen and oxygen atoms in total. The summed E-state index contributed by atoms with van der Waals surface area (Å²) in [7, 11) is 0. The number of nitrogens with one attached hydrogen (secondary N) is 1. The molecule has 2 N–H and O–H groups in total. The summed E-state index contributed by atoms with van der Waals surface area (Å²) in [5.41, 5.74) is 0.260. The monoisotopic (exact) mass is 319 g/mol. The average molecular weight is 320 g/mol. The fraction of sp³-hybridized carbons (Fsp3) is 0.133. The Labute approximate surface area is 120 Å². The Morgan fingerprint density at radius 1 is 1.11 bits per heavy atom. The molecule has 2 rings (SSSR count). The number of carboxylic acid groups (broad SMARTS) is 1. The minimum absolute atomic E-state index is 0.686. The molecule has 0 aliphatic carbocycles. The molecular formula is C15H14BrNO2. The third-order valence-electron chi connectivity index (χ3n) is 3.01. The minimum Gasteiger partial charge on any atom is -0.479 e. The van der Waals surface area contributed by atoms with Crippen molar-refractivity contribution in [3.8, 4) is 0 Å². The van der Waals surface area contributed by atoms with Gasteiger partial charge in [-0.2, -0.15) is 0 Å². The van der Waals surface area contributed by atoms with E-state index in [-0.39, 0.29) is 0 Å². The number of aliphatic carboxylic acids is 1. The molecular weight excluding hydrogens is 306 g/mol. The standard InChI is InChI=1S/C15H14BrNO2/c1-15(14(18)19,12-9-5-6-10-13(12)16)17-11-7-3-2-4-8-11/h2-10,17H,1H3,(H,18,19). The Bertz CT molecular complexity index is 586. The largest absolute Gasteiger partial charge is 0.479 e. The number of carboxylic acids is 1. The first-order valence-electron chi connectivity index (χ1n) is 5.85. The highest BCUT2D eigenvalue weighted by Crippen LogP contribution is 2.31. The van der Waals surface area contributed by atoms with Crippen molar-refractivity contribution in [1.29, 1.82) is 0 Å². The van der Waals surface area contributed by atoms with Crippen molar-refractivity contribution >= 4 is 27.6 Å². The van der Waals surface area contributed by atoms with Crippen LogP contribution in [0.25, 0.3) is 0 Å². The van der Waals surface area contributed by atoms with Crippen molar-refractivity contribution in [2.24, 2.45) is 0 Å². The van der Waals surface area contributed by atoms with E-state index < -0.39 is 11.5 Å². The lowest BCUT2D eigenvalue weighted by Gasteiger charge is -2.29. The molecule has 1 atom stereocenters. The fourth-order valence-electron chi connectivity index (χ4n) is 1.91. The maximum atomic E-state index is 11.7. The highest BCUT2D eigenvalue weighted by atomic mass is 79.9. The molecule has 2 aromatic carbocycles. The highest BCUT2D eigenvalue weighted by Gasteiger charge is 2.36. The zero-order chi connectivity index (χ0) is 13.9. The van der Waals surface area contributed by atoms with Gasteiger partial charge in [-0.25, -0.2) is 4.79 Å². The Balaban J connectivity index is 2.45. The minimum atomic E-state index is -1.19. The summed E-state index contributed by atoms with van der Waals surface area (Å²) < 4.78 is 0.767. The second-order valence-electron chi connectivity index (χ2n) is 4.40. The molecule has 98 valence electrons. The zero-order valence-electron chi connectivity index (χ0n) is 10.4. The first-order valence-corrected chi connectivity index (χ1v) is 6.65. The molecule has 1 unspecified atom stereocenters. The van der Waals surface area contributed by atoms with E-state index in [1.165, 1.54) is 0 Å². The molecule has 19 heavy (non-hydrogen) atoms. The third-order valence-corrected chi connectivity index (χ3v) is 3.70. The van der Waals surface area contributed by atoms with Gasteiger partial charge in [0.25, 0.3) is 0 Å². The Morgan fingerprint density at radius 3 is 2.26 bits per heavy atom. The van der Waals surface area contributed by atoms with E-state index in [1.807, 2.05) is 48.5 Å². The molecule has 0 amide bonds. The van der Waals surface area contributed by atoms with E-state index >= 15 is 0 Å². The normalized spacial score (nSPS) is 13.6. The van der Waals surface area contributed by atoms with Crippen molar-refractivity contribution in [2.75, 3.05) is 5.32 Å². The summed E-state index contributed by atoms with van der Waals surface area (Å²) in [6.45, 7) is 1.66. The van der Waals surface area contributed by atoms with Crippen LogP contribution in [0, 0.1) is 0 Å². The highest BCUT2D eigenvalue weighted by molar-refractivity contribution is 9.10. The zero-order valence-corrected chi connectivity index (χ0v) is 12.0. The second-order valence-corrected chi connectivity index (χ2v) is 5.26. The van der Waals surface area contributed by atoms with Crippen molar-refractivity contribution in [3.63, 3.8) is 0 Å². The summed E-state index contributed by atoms with van der Waals surface area (Å²) in [6.07, 6.45) is 0. The molecule has 2 aromatic rings. The Morgan fingerprint density at radius 2 is 1.68 bits per heavy atom. The number of carbonyl (C=O) groups is 1. The van der Waals surface area contributed by atoms with Gasteiger partial charge >= 0.3 is 5.97 Å². The van der Waals surface area contributed by atoms with Crippen molar-refractivity contribution in [3.05, 3.63) is 64.6 Å². The molecule has 0 saturated carbocycles. The second kappa shape index (κ2) is 5.45. The quantitative estimate of drug-likeness (QED) is 0.899. The third kappa shape index (κ3) is 2.79. The lowest BCUT2D eigenvalue weighted by Crippen LogP contribution is -2.40. The molecule has 4 heteroatoms. The van der Waals surface area contributed by atoms with Crippen molar-refractivity contribution < 1.29 is 9.90 Å². The molecule has 0 heterocycles. The number of halogens is 1. The summed E-state index contributed by atoms with van der Waals surface area (Å²) in [5, 5.41) is 12.7. The van der Waals surface area contributed by atoms with Gasteiger partial charge in [-0.1, -0.05) is 52.3 Å². The molecule has 0 bridgehead atoms. The van der Waals surface area contributed by atoms with Crippen LogP contribution in [-0.2, 0) is 10.3 Å². The van der Waals surface area contributed by atoms with E-state index in [9.17, 15) is 9.90 Å². The average Bonchev–Trinajstić information content (AvgIpc) is 2.40. The smallest absolute Gasteiger partial charge is 0.333 e.